The van der Waals surface area contributed by atoms with E-state index >= 15 is 0 Å². The van der Waals surface area contributed by atoms with Crippen molar-refractivity contribution in [2.24, 2.45) is 0 Å². The number of anilines is 1. The number of hydrogen-bond acceptors (Lipinski definition) is 6. The molecule has 12 heteroatoms. The van der Waals surface area contributed by atoms with E-state index in [2.05, 4.69) is 10.6 Å². The lowest BCUT2D eigenvalue weighted by molar-refractivity contribution is -0.385. The maximum Gasteiger partial charge on any atom is 0.270 e. The molecule has 2 N–H and O–H groups in total. The zero-order chi connectivity index (χ0) is 20.2. The van der Waals surface area contributed by atoms with Crippen LogP contribution < -0.4 is 10.6 Å². The van der Waals surface area contributed by atoms with Crippen molar-refractivity contribution in [3.63, 3.8) is 0 Å². The highest BCUT2D eigenvalue weighted by Gasteiger charge is 2.34. The molecule has 2 aromatic carbocycles. The van der Waals surface area contributed by atoms with Gasteiger partial charge in [-0.1, -0.05) is 40.9 Å². The molecule has 142 valence electrons. The summed E-state index contributed by atoms with van der Waals surface area (Å²) in [5.41, 5.74) is -0.0618. The van der Waals surface area contributed by atoms with E-state index in [1.165, 1.54) is 42.5 Å². The van der Waals surface area contributed by atoms with E-state index in [9.17, 15) is 25.0 Å². The number of nitro benzene ring substituents is 2. The van der Waals surface area contributed by atoms with Gasteiger partial charge in [-0.3, -0.25) is 25.0 Å². The topological polar surface area (TPSA) is 127 Å². The van der Waals surface area contributed by atoms with E-state index in [1.54, 1.807) is 0 Å². The summed E-state index contributed by atoms with van der Waals surface area (Å²) in [6.07, 6.45) is -1.23. The van der Waals surface area contributed by atoms with Gasteiger partial charge < -0.3 is 10.6 Å². The van der Waals surface area contributed by atoms with Gasteiger partial charge >= 0.3 is 0 Å². The first-order valence-corrected chi connectivity index (χ1v) is 8.34. The first kappa shape index (κ1) is 20.7. The average molecular weight is 434 g/mol. The standard InChI is InChI=1S/C15H11Cl3N4O5/c16-15(17,18)14(19-10-4-6-11(7-5-10)21(24)25)20-13(23)9-2-1-3-12(8-9)22(26)27/h1-8,14,19H,(H,20,23)/t14-/m1/s1. The summed E-state index contributed by atoms with van der Waals surface area (Å²) < 4.78 is -1.99. The molecule has 0 heterocycles. The molecule has 9 nitrogen and oxygen atoms in total. The molecule has 0 fully saturated rings. The number of alkyl halides is 3. The fraction of sp³-hybridized carbons (Fsp3) is 0.133. The minimum absolute atomic E-state index is 0.00560. The van der Waals surface area contributed by atoms with Gasteiger partial charge in [0.05, 0.1) is 9.85 Å². The molecule has 0 radical (unpaired) electrons. The molecule has 0 aliphatic heterocycles. The van der Waals surface area contributed by atoms with Crippen LogP contribution in [0.1, 0.15) is 10.4 Å². The molecular formula is C15H11Cl3N4O5. The second-order valence-corrected chi connectivity index (χ2v) is 7.57. The van der Waals surface area contributed by atoms with Crippen molar-refractivity contribution in [3.05, 3.63) is 74.3 Å². The smallest absolute Gasteiger partial charge is 0.270 e. The van der Waals surface area contributed by atoms with Crippen molar-refractivity contribution < 1.29 is 14.6 Å². The normalized spacial score (nSPS) is 12.1. The third-order valence-corrected chi connectivity index (χ3v) is 3.97. The molecule has 0 bridgehead atoms. The van der Waals surface area contributed by atoms with Crippen LogP contribution in [0.2, 0.25) is 0 Å². The number of carbonyl (C=O) groups excluding carboxylic acids is 1. The van der Waals surface area contributed by atoms with Crippen LogP contribution in [0.25, 0.3) is 0 Å². The Morgan fingerprint density at radius 2 is 1.56 bits per heavy atom. The molecule has 1 amide bonds. The zero-order valence-electron chi connectivity index (χ0n) is 13.3. The van der Waals surface area contributed by atoms with Gasteiger partial charge in [0.25, 0.3) is 17.3 Å². The van der Waals surface area contributed by atoms with Crippen LogP contribution in [-0.4, -0.2) is 25.7 Å². The number of nitrogens with zero attached hydrogens (tertiary/aromatic N) is 2. The predicted octanol–water partition coefficient (Wildman–Crippen LogP) is 4.04. The monoisotopic (exact) mass is 432 g/mol. The number of benzene rings is 2. The number of amides is 1. The number of halogens is 3. The lowest BCUT2D eigenvalue weighted by atomic mass is 10.2. The van der Waals surface area contributed by atoms with E-state index in [0.29, 0.717) is 5.69 Å². The van der Waals surface area contributed by atoms with E-state index in [-0.39, 0.29) is 16.9 Å². The largest absolute Gasteiger partial charge is 0.362 e. The van der Waals surface area contributed by atoms with Crippen LogP contribution in [0.15, 0.2) is 48.5 Å². The van der Waals surface area contributed by atoms with Crippen molar-refractivity contribution in [1.82, 2.24) is 5.32 Å². The Hall–Kier alpha value is -2.62. The van der Waals surface area contributed by atoms with Crippen LogP contribution in [0, 0.1) is 20.2 Å². The van der Waals surface area contributed by atoms with Crippen LogP contribution in [0.3, 0.4) is 0 Å². The molecule has 0 aromatic heterocycles. The van der Waals surface area contributed by atoms with Crippen molar-refractivity contribution in [2.45, 2.75) is 9.96 Å². The number of nitrogens with one attached hydrogen (secondary N) is 2. The summed E-state index contributed by atoms with van der Waals surface area (Å²) in [7, 11) is 0. The Morgan fingerprint density at radius 3 is 2.07 bits per heavy atom. The van der Waals surface area contributed by atoms with Gasteiger partial charge in [-0.25, -0.2) is 0 Å². The molecule has 1 atom stereocenters. The Balaban J connectivity index is 2.19. The van der Waals surface area contributed by atoms with Crippen molar-refractivity contribution in [1.29, 1.82) is 0 Å². The van der Waals surface area contributed by atoms with Crippen LogP contribution in [-0.2, 0) is 0 Å². The molecule has 0 saturated heterocycles. The highest BCUT2D eigenvalue weighted by atomic mass is 35.6. The van der Waals surface area contributed by atoms with E-state index in [1.807, 2.05) is 0 Å². The highest BCUT2D eigenvalue weighted by molar-refractivity contribution is 6.68. The highest BCUT2D eigenvalue weighted by Crippen LogP contribution is 2.31. The van der Waals surface area contributed by atoms with Gasteiger partial charge in [0, 0.05) is 35.5 Å². The maximum atomic E-state index is 12.4. The predicted molar refractivity (Wildman–Crippen MR) is 101 cm³/mol. The number of rotatable bonds is 6. The fourth-order valence-electron chi connectivity index (χ4n) is 2.02. The Kier molecular flexibility index (Phi) is 6.42. The molecule has 0 aliphatic carbocycles. The third-order valence-electron chi connectivity index (χ3n) is 3.31. The molecular weight excluding hydrogens is 423 g/mol. The molecule has 0 unspecified atom stereocenters. The first-order valence-electron chi connectivity index (χ1n) is 7.21. The van der Waals surface area contributed by atoms with Crippen molar-refractivity contribution in [3.8, 4) is 0 Å². The number of carbonyl (C=O) groups is 1. The second-order valence-electron chi connectivity index (χ2n) is 5.20. The minimum Gasteiger partial charge on any atom is -0.362 e. The quantitative estimate of drug-likeness (QED) is 0.306. The lowest BCUT2D eigenvalue weighted by Crippen LogP contribution is -2.49. The van der Waals surface area contributed by atoms with Gasteiger partial charge in [-0.2, -0.15) is 0 Å². The van der Waals surface area contributed by atoms with E-state index in [4.69, 9.17) is 34.8 Å². The molecule has 27 heavy (non-hydrogen) atoms. The van der Waals surface area contributed by atoms with Crippen LogP contribution >= 0.6 is 34.8 Å². The summed E-state index contributed by atoms with van der Waals surface area (Å²) in [5, 5.41) is 26.7. The van der Waals surface area contributed by atoms with Crippen LogP contribution in [0.5, 0.6) is 0 Å². The average Bonchev–Trinajstić information content (AvgIpc) is 2.60. The van der Waals surface area contributed by atoms with Crippen LogP contribution in [0.4, 0.5) is 17.1 Å². The van der Waals surface area contributed by atoms with Gasteiger partial charge in [0.2, 0.25) is 3.79 Å². The van der Waals surface area contributed by atoms with Crippen molar-refractivity contribution in [2.75, 3.05) is 5.32 Å². The molecule has 0 spiro atoms. The number of non-ortho nitro benzene ring substituents is 2. The maximum absolute atomic E-state index is 12.4. The second kappa shape index (κ2) is 8.38. The Bertz CT molecular complexity index is 871. The Morgan fingerprint density at radius 1 is 0.963 bits per heavy atom. The molecule has 2 aromatic rings. The number of nitro groups is 2. The van der Waals surface area contributed by atoms with Gasteiger partial charge in [-0.05, 0) is 18.2 Å². The van der Waals surface area contributed by atoms with Gasteiger partial charge in [0.15, 0.2) is 0 Å². The third kappa shape index (κ3) is 5.68. The summed E-state index contributed by atoms with van der Waals surface area (Å²) in [4.78, 5) is 32.7. The van der Waals surface area contributed by atoms with Gasteiger partial charge in [-0.15, -0.1) is 0 Å². The molecule has 2 rings (SSSR count). The van der Waals surface area contributed by atoms with E-state index < -0.39 is 25.7 Å². The van der Waals surface area contributed by atoms with Gasteiger partial charge in [0.1, 0.15) is 6.17 Å². The summed E-state index contributed by atoms with van der Waals surface area (Å²) in [6.45, 7) is 0. The summed E-state index contributed by atoms with van der Waals surface area (Å²) in [5.74, 6) is -0.718. The first-order chi connectivity index (χ1) is 12.6. The fourth-order valence-corrected chi connectivity index (χ4v) is 2.35. The Labute approximate surface area is 167 Å². The molecule has 0 aliphatic rings. The summed E-state index contributed by atoms with van der Waals surface area (Å²) >= 11 is 17.6. The molecule has 0 saturated carbocycles. The zero-order valence-corrected chi connectivity index (χ0v) is 15.5. The number of hydrogen-bond donors (Lipinski definition) is 2. The van der Waals surface area contributed by atoms with E-state index in [0.717, 1.165) is 6.07 Å². The SMILES string of the molecule is O=C(N[C@@H](Nc1ccc([N+](=O)[O-])cc1)C(Cl)(Cl)Cl)c1cccc([N+](=O)[O-])c1. The summed E-state index contributed by atoms with van der Waals surface area (Å²) in [6, 6.07) is 10.3. The lowest BCUT2D eigenvalue weighted by Gasteiger charge is -2.27. The minimum atomic E-state index is -1.99. The van der Waals surface area contributed by atoms with Crippen molar-refractivity contribution >= 4 is 57.8 Å².